The molecule has 24 heavy (non-hydrogen) atoms. The van der Waals surface area contributed by atoms with Crippen LogP contribution in [0.25, 0.3) is 5.69 Å². The van der Waals surface area contributed by atoms with Crippen LogP contribution in [0.1, 0.15) is 18.4 Å². The van der Waals surface area contributed by atoms with Crippen LogP contribution in [0.4, 0.5) is 0 Å². The fourth-order valence-electron chi connectivity index (χ4n) is 3.19. The second-order valence-electron chi connectivity index (χ2n) is 6.12. The first kappa shape index (κ1) is 16.7. The second-order valence-corrected chi connectivity index (χ2v) is 6.12. The first-order chi connectivity index (χ1) is 11.6. The lowest BCUT2D eigenvalue weighted by Crippen LogP contribution is -2.49. The number of carbonyl (C=O) groups is 1. The molecule has 1 saturated heterocycles. The number of aromatic nitrogens is 2. The smallest absolute Gasteiger partial charge is 0.336 e. The van der Waals surface area contributed by atoms with E-state index < -0.39 is 6.10 Å². The number of carbonyl (C=O) groups excluding carboxylic acids is 1. The van der Waals surface area contributed by atoms with E-state index in [0.717, 1.165) is 23.8 Å². The lowest BCUT2D eigenvalue weighted by atomic mass is 10.2. The predicted octanol–water partition coefficient (Wildman–Crippen LogP) is 1.94. The molecule has 1 fully saturated rings. The molecule has 1 aliphatic rings. The molecule has 6 heteroatoms. The molecule has 6 nitrogen and oxygen atoms in total. The Bertz CT molecular complexity index is 699. The number of nitrogens with zero attached hydrogens (tertiary/aromatic N) is 3. The van der Waals surface area contributed by atoms with E-state index in [4.69, 9.17) is 9.47 Å². The van der Waals surface area contributed by atoms with Gasteiger partial charge in [0.1, 0.15) is 5.82 Å². The highest BCUT2D eigenvalue weighted by molar-refractivity contribution is 5.75. The predicted molar refractivity (Wildman–Crippen MR) is 89.9 cm³/mol. The monoisotopic (exact) mass is 329 g/mol. The largest absolute Gasteiger partial charge is 0.467 e. The van der Waals surface area contributed by atoms with Crippen LogP contribution in [0.2, 0.25) is 0 Å². The average molecular weight is 329 g/mol. The number of esters is 1. The Balaban J connectivity index is 1.80. The Labute approximate surface area is 142 Å². The van der Waals surface area contributed by atoms with Crippen molar-refractivity contribution in [2.45, 2.75) is 32.6 Å². The van der Waals surface area contributed by atoms with E-state index in [1.807, 2.05) is 38.2 Å². The molecule has 0 bridgehead atoms. The second kappa shape index (κ2) is 7.15. The van der Waals surface area contributed by atoms with Gasteiger partial charge in [-0.1, -0.05) is 18.2 Å². The molecule has 128 valence electrons. The summed E-state index contributed by atoms with van der Waals surface area (Å²) in [6, 6.07) is 10.2. The molecule has 2 heterocycles. The van der Waals surface area contributed by atoms with Gasteiger partial charge in [0.15, 0.2) is 6.10 Å². The van der Waals surface area contributed by atoms with Crippen molar-refractivity contribution < 1.29 is 14.3 Å². The van der Waals surface area contributed by atoms with Crippen LogP contribution >= 0.6 is 0 Å². The van der Waals surface area contributed by atoms with Gasteiger partial charge in [-0.05, 0) is 26.0 Å². The molecular weight excluding hydrogens is 306 g/mol. The van der Waals surface area contributed by atoms with Gasteiger partial charge in [-0.3, -0.25) is 9.47 Å². The van der Waals surface area contributed by atoms with Crippen molar-refractivity contribution in [2.75, 3.05) is 20.2 Å². The minimum absolute atomic E-state index is 0.0166. The van der Waals surface area contributed by atoms with Gasteiger partial charge in [0.05, 0.1) is 25.1 Å². The molecule has 0 N–H and O–H groups in total. The Morgan fingerprint density at radius 3 is 2.79 bits per heavy atom. The summed E-state index contributed by atoms with van der Waals surface area (Å²) in [5, 5.41) is 0. The Hall–Kier alpha value is -2.18. The average Bonchev–Trinajstić information content (AvgIpc) is 2.94. The summed E-state index contributed by atoms with van der Waals surface area (Å²) in [4.78, 5) is 18.5. The molecule has 1 aromatic heterocycles. The van der Waals surface area contributed by atoms with E-state index in [1.165, 1.54) is 7.11 Å². The molecule has 0 spiro atoms. The van der Waals surface area contributed by atoms with Crippen molar-refractivity contribution >= 4 is 5.97 Å². The third-order valence-electron chi connectivity index (χ3n) is 4.21. The van der Waals surface area contributed by atoms with Gasteiger partial charge in [0, 0.05) is 25.3 Å². The molecule has 0 amide bonds. The maximum atomic E-state index is 11.8. The fourth-order valence-corrected chi connectivity index (χ4v) is 3.19. The minimum Gasteiger partial charge on any atom is -0.467 e. The maximum absolute atomic E-state index is 11.8. The van der Waals surface area contributed by atoms with Gasteiger partial charge in [0.25, 0.3) is 0 Å². The molecule has 0 unspecified atom stereocenters. The Kier molecular flexibility index (Phi) is 4.97. The third kappa shape index (κ3) is 3.49. The van der Waals surface area contributed by atoms with E-state index in [9.17, 15) is 4.79 Å². The van der Waals surface area contributed by atoms with E-state index in [1.54, 1.807) is 0 Å². The van der Waals surface area contributed by atoms with Crippen molar-refractivity contribution in [3.8, 4) is 5.69 Å². The van der Waals surface area contributed by atoms with Crippen LogP contribution in [-0.4, -0.2) is 52.8 Å². The summed E-state index contributed by atoms with van der Waals surface area (Å²) < 4.78 is 12.7. The zero-order chi connectivity index (χ0) is 17.1. The quantitative estimate of drug-likeness (QED) is 0.803. The van der Waals surface area contributed by atoms with Crippen molar-refractivity contribution in [3.05, 3.63) is 48.0 Å². The zero-order valence-electron chi connectivity index (χ0n) is 14.3. The molecule has 2 aromatic rings. The van der Waals surface area contributed by atoms with Gasteiger partial charge in [-0.2, -0.15) is 0 Å². The number of para-hydroxylation sites is 1. The molecule has 1 aromatic carbocycles. The van der Waals surface area contributed by atoms with Gasteiger partial charge in [-0.15, -0.1) is 0 Å². The van der Waals surface area contributed by atoms with Gasteiger partial charge in [0.2, 0.25) is 0 Å². The summed E-state index contributed by atoms with van der Waals surface area (Å²) in [5.74, 6) is 0.626. The van der Waals surface area contributed by atoms with E-state index >= 15 is 0 Å². The number of methoxy groups -OCH3 is 1. The highest BCUT2D eigenvalue weighted by Gasteiger charge is 2.31. The topological polar surface area (TPSA) is 56.6 Å². The molecule has 0 aliphatic carbocycles. The van der Waals surface area contributed by atoms with Gasteiger partial charge >= 0.3 is 5.97 Å². The number of hydrogen-bond acceptors (Lipinski definition) is 5. The van der Waals surface area contributed by atoms with Crippen molar-refractivity contribution in [3.63, 3.8) is 0 Å². The van der Waals surface area contributed by atoms with Crippen molar-refractivity contribution in [2.24, 2.45) is 0 Å². The molecule has 3 rings (SSSR count). The number of rotatable bonds is 4. The van der Waals surface area contributed by atoms with Crippen LogP contribution in [0.3, 0.4) is 0 Å². The molecular formula is C18H23N3O3. The van der Waals surface area contributed by atoms with Crippen LogP contribution in [0.5, 0.6) is 0 Å². The number of aryl methyl sites for hydroxylation is 1. The molecule has 1 aliphatic heterocycles. The maximum Gasteiger partial charge on any atom is 0.336 e. The summed E-state index contributed by atoms with van der Waals surface area (Å²) in [7, 11) is 1.39. The fraction of sp³-hybridized carbons (Fsp3) is 0.444. The molecule has 2 atom stereocenters. The SMILES string of the molecule is COC(=O)[C@@H]1CN(Cc2cnc(C)n2-c2ccccc2)C[C@@H](C)O1. The highest BCUT2D eigenvalue weighted by atomic mass is 16.6. The van der Waals surface area contributed by atoms with Crippen LogP contribution < -0.4 is 0 Å². The number of hydrogen-bond donors (Lipinski definition) is 0. The molecule has 0 saturated carbocycles. The Morgan fingerprint density at radius 1 is 1.33 bits per heavy atom. The first-order valence-corrected chi connectivity index (χ1v) is 8.12. The van der Waals surface area contributed by atoms with Gasteiger partial charge < -0.3 is 9.47 Å². The standard InChI is InChI=1S/C18H23N3O3/c1-13-10-20(12-17(24-13)18(22)23-3)11-16-9-19-14(2)21(16)15-7-5-4-6-8-15/h4-9,13,17H,10-12H2,1-3H3/t13-,17+/m1/s1. The van der Waals surface area contributed by atoms with E-state index in [2.05, 4.69) is 26.6 Å². The number of morpholine rings is 1. The number of ether oxygens (including phenoxy) is 2. The number of benzene rings is 1. The van der Waals surface area contributed by atoms with Crippen LogP contribution in [0, 0.1) is 6.92 Å². The van der Waals surface area contributed by atoms with Gasteiger partial charge in [-0.25, -0.2) is 9.78 Å². The lowest BCUT2D eigenvalue weighted by Gasteiger charge is -2.35. The number of imidazole rings is 1. The minimum atomic E-state index is -0.534. The highest BCUT2D eigenvalue weighted by Crippen LogP contribution is 2.19. The third-order valence-corrected chi connectivity index (χ3v) is 4.21. The first-order valence-electron chi connectivity index (χ1n) is 8.12. The summed E-state index contributed by atoms with van der Waals surface area (Å²) >= 11 is 0. The zero-order valence-corrected chi connectivity index (χ0v) is 14.3. The van der Waals surface area contributed by atoms with Crippen LogP contribution in [0.15, 0.2) is 36.5 Å². The summed E-state index contributed by atoms with van der Waals surface area (Å²) in [6.07, 6.45) is 1.35. The Morgan fingerprint density at radius 2 is 2.08 bits per heavy atom. The van der Waals surface area contributed by atoms with E-state index in [0.29, 0.717) is 13.1 Å². The normalized spacial score (nSPS) is 21.6. The summed E-state index contributed by atoms with van der Waals surface area (Å²) in [6.45, 7) is 5.97. The van der Waals surface area contributed by atoms with Crippen molar-refractivity contribution in [1.82, 2.24) is 14.5 Å². The van der Waals surface area contributed by atoms with Crippen molar-refractivity contribution in [1.29, 1.82) is 0 Å². The molecule has 0 radical (unpaired) electrons. The van der Waals surface area contributed by atoms with E-state index in [-0.39, 0.29) is 12.1 Å². The summed E-state index contributed by atoms with van der Waals surface area (Å²) in [5.41, 5.74) is 2.18. The van der Waals surface area contributed by atoms with Crippen LogP contribution in [-0.2, 0) is 20.8 Å². The lowest BCUT2D eigenvalue weighted by molar-refractivity contribution is -0.166.